The van der Waals surface area contributed by atoms with Crippen molar-refractivity contribution < 1.29 is 28.7 Å². The minimum atomic E-state index is -1.16. The Morgan fingerprint density at radius 2 is 1.69 bits per heavy atom. The van der Waals surface area contributed by atoms with Crippen LogP contribution in [0.5, 0.6) is 0 Å². The Morgan fingerprint density at radius 3 is 2.31 bits per heavy atom. The van der Waals surface area contributed by atoms with Gasteiger partial charge in [0.05, 0.1) is 18.1 Å². The summed E-state index contributed by atoms with van der Waals surface area (Å²) in [5.41, 5.74) is 0.491. The molecule has 9 heteroatoms. The van der Waals surface area contributed by atoms with E-state index in [0.717, 1.165) is 19.3 Å². The number of nitro benzene ring substituents is 1. The molecule has 0 bridgehead atoms. The lowest BCUT2D eigenvalue weighted by Crippen LogP contribution is -2.47. The fourth-order valence-electron chi connectivity index (χ4n) is 3.98. The van der Waals surface area contributed by atoms with Crippen LogP contribution in [0.15, 0.2) is 23.8 Å². The second-order valence-electron chi connectivity index (χ2n) is 7.41. The van der Waals surface area contributed by atoms with Gasteiger partial charge in [-0.05, 0) is 30.5 Å². The number of benzene rings is 1. The molecule has 0 atom stereocenters. The molecule has 2 heterocycles. The molecule has 0 N–H and O–H groups in total. The predicted octanol–water partition coefficient (Wildman–Crippen LogP) is 2.58. The van der Waals surface area contributed by atoms with Crippen molar-refractivity contribution in [3.63, 3.8) is 0 Å². The van der Waals surface area contributed by atoms with E-state index in [0.29, 0.717) is 50.4 Å². The molecule has 1 spiro atoms. The number of hydrogen-bond donors (Lipinski definition) is 0. The van der Waals surface area contributed by atoms with Gasteiger partial charge in [0, 0.05) is 32.0 Å². The normalized spacial score (nSPS) is 21.5. The van der Waals surface area contributed by atoms with Crippen LogP contribution in [0.1, 0.15) is 37.7 Å². The van der Waals surface area contributed by atoms with Gasteiger partial charge >= 0.3 is 11.9 Å². The van der Waals surface area contributed by atoms with Crippen molar-refractivity contribution >= 4 is 29.4 Å². The molecule has 9 nitrogen and oxygen atoms in total. The quantitative estimate of drug-likeness (QED) is 0.250. The molecule has 3 fully saturated rings. The SMILES string of the molecule is O=C1OC2(CCCCC2)OC(=O)C1=Cc1ccc(N2CCOCC2)c([N+](=O)[O-])c1. The van der Waals surface area contributed by atoms with Crippen LogP contribution in [0.25, 0.3) is 6.08 Å². The van der Waals surface area contributed by atoms with Crippen molar-refractivity contribution in [2.75, 3.05) is 31.2 Å². The number of nitro groups is 1. The molecule has 3 aliphatic rings. The van der Waals surface area contributed by atoms with E-state index >= 15 is 0 Å². The molecule has 0 radical (unpaired) electrons. The Balaban J connectivity index is 1.60. The zero-order valence-electron chi connectivity index (χ0n) is 15.9. The molecule has 29 heavy (non-hydrogen) atoms. The van der Waals surface area contributed by atoms with Crippen molar-refractivity contribution in [1.29, 1.82) is 0 Å². The minimum Gasteiger partial charge on any atom is -0.419 e. The molecular formula is C20H22N2O7. The number of rotatable bonds is 3. The first-order valence-corrected chi connectivity index (χ1v) is 9.77. The highest BCUT2D eigenvalue weighted by Crippen LogP contribution is 2.38. The van der Waals surface area contributed by atoms with Gasteiger partial charge in [-0.2, -0.15) is 0 Å². The van der Waals surface area contributed by atoms with Crippen LogP contribution >= 0.6 is 0 Å². The third kappa shape index (κ3) is 3.95. The number of ether oxygens (including phenoxy) is 3. The molecule has 0 aromatic heterocycles. The van der Waals surface area contributed by atoms with E-state index in [9.17, 15) is 19.7 Å². The van der Waals surface area contributed by atoms with Gasteiger partial charge in [0.15, 0.2) is 0 Å². The topological polar surface area (TPSA) is 108 Å². The summed E-state index contributed by atoms with van der Waals surface area (Å²) in [6, 6.07) is 4.61. The molecule has 2 saturated heterocycles. The standard InChI is InChI=1S/C20H22N2O7/c23-18-15(19(24)29-20(28-18)6-2-1-3-7-20)12-14-4-5-16(17(13-14)22(25)26)21-8-10-27-11-9-21/h4-5,12-13H,1-3,6-11H2. The lowest BCUT2D eigenvalue weighted by atomic mass is 9.93. The minimum absolute atomic E-state index is 0.0949. The summed E-state index contributed by atoms with van der Waals surface area (Å²) >= 11 is 0. The molecule has 0 unspecified atom stereocenters. The van der Waals surface area contributed by atoms with E-state index < -0.39 is 22.6 Å². The van der Waals surface area contributed by atoms with E-state index in [1.54, 1.807) is 12.1 Å². The van der Waals surface area contributed by atoms with Gasteiger partial charge in [0.1, 0.15) is 11.3 Å². The predicted molar refractivity (Wildman–Crippen MR) is 102 cm³/mol. The lowest BCUT2D eigenvalue weighted by Gasteiger charge is -2.38. The smallest absolute Gasteiger partial charge is 0.348 e. The van der Waals surface area contributed by atoms with Crippen LogP contribution in [0.2, 0.25) is 0 Å². The average molecular weight is 402 g/mol. The van der Waals surface area contributed by atoms with Gasteiger partial charge in [-0.3, -0.25) is 10.1 Å². The van der Waals surface area contributed by atoms with Crippen LogP contribution in [0.3, 0.4) is 0 Å². The third-order valence-corrected chi connectivity index (χ3v) is 5.47. The molecule has 0 amide bonds. The Hall–Kier alpha value is -2.94. The van der Waals surface area contributed by atoms with Gasteiger partial charge < -0.3 is 19.1 Å². The van der Waals surface area contributed by atoms with Gasteiger partial charge in [-0.15, -0.1) is 0 Å². The zero-order chi connectivity index (χ0) is 20.4. The van der Waals surface area contributed by atoms with Crippen LogP contribution in [-0.4, -0.2) is 49.0 Å². The Labute approximate surface area is 167 Å². The average Bonchev–Trinajstić information content (AvgIpc) is 2.72. The number of morpholine rings is 1. The van der Waals surface area contributed by atoms with Crippen molar-refractivity contribution in [3.8, 4) is 0 Å². The molecule has 154 valence electrons. The van der Waals surface area contributed by atoms with E-state index in [-0.39, 0.29) is 11.3 Å². The van der Waals surface area contributed by atoms with E-state index in [4.69, 9.17) is 14.2 Å². The molecule has 1 aliphatic carbocycles. The van der Waals surface area contributed by atoms with Crippen LogP contribution < -0.4 is 4.90 Å². The van der Waals surface area contributed by atoms with Crippen molar-refractivity contribution in [1.82, 2.24) is 0 Å². The molecule has 1 saturated carbocycles. The fraction of sp³-hybridized carbons (Fsp3) is 0.500. The van der Waals surface area contributed by atoms with Crippen molar-refractivity contribution in [2.24, 2.45) is 0 Å². The van der Waals surface area contributed by atoms with Gasteiger partial charge in [-0.1, -0.05) is 12.5 Å². The van der Waals surface area contributed by atoms with Gasteiger partial charge in [0.25, 0.3) is 11.5 Å². The van der Waals surface area contributed by atoms with E-state index in [1.807, 2.05) is 4.90 Å². The first-order valence-electron chi connectivity index (χ1n) is 9.77. The van der Waals surface area contributed by atoms with Crippen molar-refractivity contribution in [2.45, 2.75) is 37.9 Å². The number of anilines is 1. The fourth-order valence-corrected chi connectivity index (χ4v) is 3.98. The third-order valence-electron chi connectivity index (χ3n) is 5.47. The molecule has 2 aliphatic heterocycles. The second kappa shape index (κ2) is 7.82. The summed E-state index contributed by atoms with van der Waals surface area (Å²) in [7, 11) is 0. The highest BCUT2D eigenvalue weighted by Gasteiger charge is 2.46. The highest BCUT2D eigenvalue weighted by atomic mass is 16.7. The van der Waals surface area contributed by atoms with E-state index in [2.05, 4.69) is 0 Å². The highest BCUT2D eigenvalue weighted by molar-refractivity contribution is 6.19. The summed E-state index contributed by atoms with van der Waals surface area (Å²) < 4.78 is 16.2. The Morgan fingerprint density at radius 1 is 1.03 bits per heavy atom. The number of carbonyl (C=O) groups excluding carboxylic acids is 2. The van der Waals surface area contributed by atoms with Gasteiger partial charge in [0.2, 0.25) is 0 Å². The number of esters is 2. The second-order valence-corrected chi connectivity index (χ2v) is 7.41. The maximum absolute atomic E-state index is 12.5. The first-order chi connectivity index (χ1) is 14.0. The zero-order valence-corrected chi connectivity index (χ0v) is 15.9. The van der Waals surface area contributed by atoms with Gasteiger partial charge in [-0.25, -0.2) is 9.59 Å². The Bertz CT molecular complexity index is 846. The number of carbonyl (C=O) groups is 2. The van der Waals surface area contributed by atoms with Crippen LogP contribution in [0.4, 0.5) is 11.4 Å². The Kier molecular flexibility index (Phi) is 5.23. The molecule has 1 aromatic rings. The molecule has 4 rings (SSSR count). The molecular weight excluding hydrogens is 380 g/mol. The van der Waals surface area contributed by atoms with Crippen molar-refractivity contribution in [3.05, 3.63) is 39.4 Å². The number of hydrogen-bond acceptors (Lipinski definition) is 8. The number of nitrogens with zero attached hydrogens (tertiary/aromatic N) is 2. The lowest BCUT2D eigenvalue weighted by molar-refractivity contribution is -0.384. The summed E-state index contributed by atoms with van der Waals surface area (Å²) in [6.07, 6.45) is 4.95. The summed E-state index contributed by atoms with van der Waals surface area (Å²) in [4.78, 5) is 37.9. The molecule has 1 aromatic carbocycles. The summed E-state index contributed by atoms with van der Waals surface area (Å²) in [5.74, 6) is -2.65. The maximum Gasteiger partial charge on any atom is 0.348 e. The summed E-state index contributed by atoms with van der Waals surface area (Å²) in [5, 5.41) is 11.6. The first kappa shape index (κ1) is 19.4. The van der Waals surface area contributed by atoms with Crippen LogP contribution in [0, 0.1) is 10.1 Å². The van der Waals surface area contributed by atoms with Crippen LogP contribution in [-0.2, 0) is 23.8 Å². The monoisotopic (exact) mass is 402 g/mol. The summed E-state index contributed by atoms with van der Waals surface area (Å²) in [6.45, 7) is 2.12. The largest absolute Gasteiger partial charge is 0.419 e. The maximum atomic E-state index is 12.5. The van der Waals surface area contributed by atoms with E-state index in [1.165, 1.54) is 12.1 Å².